The second kappa shape index (κ2) is 5.82. The van der Waals surface area contributed by atoms with Gasteiger partial charge in [-0.1, -0.05) is 6.07 Å². The van der Waals surface area contributed by atoms with Gasteiger partial charge in [0.2, 0.25) is 5.91 Å². The molecule has 1 N–H and O–H groups in total. The molecular weight excluding hydrogens is 278 g/mol. The summed E-state index contributed by atoms with van der Waals surface area (Å²) in [6.45, 7) is 0.0756. The Morgan fingerprint density at radius 2 is 2.05 bits per heavy atom. The van der Waals surface area contributed by atoms with E-state index in [0.29, 0.717) is 0 Å². The van der Waals surface area contributed by atoms with Gasteiger partial charge < -0.3 is 19.5 Å². The third-order valence-corrected chi connectivity index (χ3v) is 3.38. The Hall–Kier alpha value is -2.57. The van der Waals surface area contributed by atoms with Crippen molar-refractivity contribution in [3.05, 3.63) is 23.8 Å². The topological polar surface area (TPSA) is 93.1 Å². The molecule has 0 saturated carbocycles. The van der Waals surface area contributed by atoms with E-state index in [1.54, 1.807) is 6.07 Å². The van der Waals surface area contributed by atoms with Crippen LogP contribution in [0.1, 0.15) is 16.8 Å². The number of aromatic carboxylic acids is 1. The fraction of sp³-hybridized carbons (Fsp3) is 0.357. The molecule has 1 saturated heterocycles. The number of rotatable bonds is 4. The summed E-state index contributed by atoms with van der Waals surface area (Å²) in [7, 11) is 2.64. The molecule has 1 fully saturated rings. The molecule has 0 radical (unpaired) electrons. The molecule has 1 aromatic rings. The molecule has 21 heavy (non-hydrogen) atoms. The van der Waals surface area contributed by atoms with Crippen LogP contribution in [-0.4, -0.2) is 43.7 Å². The molecule has 7 nitrogen and oxygen atoms in total. The van der Waals surface area contributed by atoms with E-state index in [4.69, 9.17) is 4.74 Å². The van der Waals surface area contributed by atoms with Crippen molar-refractivity contribution in [3.63, 3.8) is 0 Å². The summed E-state index contributed by atoms with van der Waals surface area (Å²) in [5, 5.41) is 9.27. The van der Waals surface area contributed by atoms with Crippen molar-refractivity contribution < 1.29 is 29.0 Å². The zero-order chi connectivity index (χ0) is 15.6. The third-order valence-electron chi connectivity index (χ3n) is 3.38. The maximum Gasteiger partial charge on any atom is 0.337 e. The van der Waals surface area contributed by atoms with Crippen molar-refractivity contribution >= 4 is 23.5 Å². The highest BCUT2D eigenvalue weighted by atomic mass is 16.5. The lowest BCUT2D eigenvalue weighted by atomic mass is 10.1. The predicted molar refractivity (Wildman–Crippen MR) is 72.4 cm³/mol. The Morgan fingerprint density at radius 3 is 2.62 bits per heavy atom. The van der Waals surface area contributed by atoms with Gasteiger partial charge in [-0.2, -0.15) is 0 Å². The standard InChI is InChI=1S/C14H15NO6/c1-20-10-5-3-4-9(13(17)18)12(10)15-7-8(6-11(15)16)14(19)21-2/h3-5,8H,6-7H2,1-2H3,(H,17,18). The van der Waals surface area contributed by atoms with E-state index < -0.39 is 17.9 Å². The van der Waals surface area contributed by atoms with Crippen molar-refractivity contribution in [1.82, 2.24) is 0 Å². The van der Waals surface area contributed by atoms with Crippen LogP contribution >= 0.6 is 0 Å². The van der Waals surface area contributed by atoms with Gasteiger partial charge in [-0.05, 0) is 12.1 Å². The lowest BCUT2D eigenvalue weighted by Crippen LogP contribution is -2.28. The molecular formula is C14H15NO6. The van der Waals surface area contributed by atoms with Gasteiger partial charge in [-0.3, -0.25) is 9.59 Å². The quantitative estimate of drug-likeness (QED) is 0.830. The van der Waals surface area contributed by atoms with Crippen LogP contribution in [-0.2, 0) is 14.3 Å². The summed E-state index contributed by atoms with van der Waals surface area (Å²) in [4.78, 5) is 36.3. The van der Waals surface area contributed by atoms with Gasteiger partial charge in [-0.25, -0.2) is 4.79 Å². The lowest BCUT2D eigenvalue weighted by Gasteiger charge is -2.21. The van der Waals surface area contributed by atoms with Crippen molar-refractivity contribution in [2.24, 2.45) is 5.92 Å². The molecule has 7 heteroatoms. The van der Waals surface area contributed by atoms with Crippen LogP contribution in [0.5, 0.6) is 5.75 Å². The second-order valence-electron chi connectivity index (χ2n) is 4.59. The van der Waals surface area contributed by atoms with Crippen LogP contribution in [0.4, 0.5) is 5.69 Å². The summed E-state index contributed by atoms with van der Waals surface area (Å²) < 4.78 is 9.78. The van der Waals surface area contributed by atoms with Crippen molar-refractivity contribution in [2.75, 3.05) is 25.7 Å². The molecule has 1 aromatic carbocycles. The molecule has 0 aromatic heterocycles. The number of esters is 1. The Kier molecular flexibility index (Phi) is 4.11. The summed E-state index contributed by atoms with van der Waals surface area (Å²) in [6, 6.07) is 4.49. The zero-order valence-corrected chi connectivity index (χ0v) is 11.7. The van der Waals surface area contributed by atoms with Crippen LogP contribution in [0, 0.1) is 5.92 Å². The first kappa shape index (κ1) is 14.8. The molecule has 1 aliphatic heterocycles. The first-order valence-electron chi connectivity index (χ1n) is 6.28. The number of para-hydroxylation sites is 1. The first-order valence-corrected chi connectivity index (χ1v) is 6.28. The zero-order valence-electron chi connectivity index (χ0n) is 11.7. The molecule has 1 unspecified atom stereocenters. The van der Waals surface area contributed by atoms with Crippen LogP contribution in [0.25, 0.3) is 0 Å². The minimum Gasteiger partial charge on any atom is -0.495 e. The number of amides is 1. The lowest BCUT2D eigenvalue weighted by molar-refractivity contribution is -0.145. The number of hydrogen-bond donors (Lipinski definition) is 1. The largest absolute Gasteiger partial charge is 0.495 e. The highest BCUT2D eigenvalue weighted by Crippen LogP contribution is 2.36. The van der Waals surface area contributed by atoms with Gasteiger partial charge in [0.1, 0.15) is 11.4 Å². The Morgan fingerprint density at radius 1 is 1.33 bits per heavy atom. The van der Waals surface area contributed by atoms with Crippen LogP contribution in [0.2, 0.25) is 0 Å². The van der Waals surface area contributed by atoms with Gasteiger partial charge >= 0.3 is 11.9 Å². The average Bonchev–Trinajstić information content (AvgIpc) is 2.87. The Balaban J connectivity index is 2.44. The molecule has 2 rings (SSSR count). The van der Waals surface area contributed by atoms with E-state index in [1.807, 2.05) is 0 Å². The molecule has 1 atom stereocenters. The molecule has 0 aliphatic carbocycles. The van der Waals surface area contributed by atoms with Crippen LogP contribution in [0.15, 0.2) is 18.2 Å². The fourth-order valence-electron chi connectivity index (χ4n) is 2.39. The van der Waals surface area contributed by atoms with E-state index in [-0.39, 0.29) is 35.9 Å². The van der Waals surface area contributed by atoms with Crippen molar-refractivity contribution in [2.45, 2.75) is 6.42 Å². The number of carboxylic acids is 1. The number of hydrogen-bond acceptors (Lipinski definition) is 5. The van der Waals surface area contributed by atoms with E-state index >= 15 is 0 Å². The van der Waals surface area contributed by atoms with E-state index in [1.165, 1.54) is 31.3 Å². The highest BCUT2D eigenvalue weighted by Gasteiger charge is 2.38. The number of nitrogens with zero attached hydrogens (tertiary/aromatic N) is 1. The maximum atomic E-state index is 12.1. The minimum absolute atomic E-state index is 0.0101. The average molecular weight is 293 g/mol. The molecule has 1 amide bonds. The fourth-order valence-corrected chi connectivity index (χ4v) is 2.39. The molecule has 1 heterocycles. The van der Waals surface area contributed by atoms with E-state index in [0.717, 1.165) is 0 Å². The molecule has 0 bridgehead atoms. The number of methoxy groups -OCH3 is 2. The smallest absolute Gasteiger partial charge is 0.337 e. The highest BCUT2D eigenvalue weighted by molar-refractivity contribution is 6.06. The normalized spacial score (nSPS) is 17.7. The summed E-state index contributed by atoms with van der Waals surface area (Å²) in [6.07, 6.45) is -0.0101. The summed E-state index contributed by atoms with van der Waals surface area (Å²) in [5.41, 5.74) is 0.122. The maximum absolute atomic E-state index is 12.1. The SMILES string of the molecule is COC(=O)C1CC(=O)N(c2c(OC)cccc2C(=O)O)C1. The minimum atomic E-state index is -1.17. The van der Waals surface area contributed by atoms with E-state index in [2.05, 4.69) is 4.74 Å². The monoisotopic (exact) mass is 293 g/mol. The van der Waals surface area contributed by atoms with Gasteiger partial charge in [0.25, 0.3) is 0 Å². The summed E-state index contributed by atoms with van der Waals surface area (Å²) >= 11 is 0. The number of carbonyl (C=O) groups excluding carboxylic acids is 2. The predicted octanol–water partition coefficient (Wildman–Crippen LogP) is 0.919. The van der Waals surface area contributed by atoms with Crippen molar-refractivity contribution in [1.29, 1.82) is 0 Å². The Bertz CT molecular complexity index is 597. The number of benzene rings is 1. The van der Waals surface area contributed by atoms with Crippen molar-refractivity contribution in [3.8, 4) is 5.75 Å². The third kappa shape index (κ3) is 2.67. The molecule has 112 valence electrons. The number of carboxylic acid groups (broad SMARTS) is 1. The molecule has 1 aliphatic rings. The molecule has 0 spiro atoms. The van der Waals surface area contributed by atoms with Crippen LogP contribution in [0.3, 0.4) is 0 Å². The Labute approximate surface area is 121 Å². The van der Waals surface area contributed by atoms with Gasteiger partial charge in [0.05, 0.1) is 25.7 Å². The number of anilines is 1. The summed E-state index contributed by atoms with van der Waals surface area (Å²) in [5.74, 6) is -2.32. The first-order chi connectivity index (χ1) is 9.99. The van der Waals surface area contributed by atoms with Gasteiger partial charge in [-0.15, -0.1) is 0 Å². The number of carbonyl (C=O) groups is 3. The van der Waals surface area contributed by atoms with E-state index in [9.17, 15) is 19.5 Å². The van der Waals surface area contributed by atoms with Crippen LogP contribution < -0.4 is 9.64 Å². The van der Waals surface area contributed by atoms with Gasteiger partial charge in [0, 0.05) is 13.0 Å². The second-order valence-corrected chi connectivity index (χ2v) is 4.59. The number of ether oxygens (including phenoxy) is 2. The van der Waals surface area contributed by atoms with Gasteiger partial charge in [0.15, 0.2) is 0 Å².